The van der Waals surface area contributed by atoms with E-state index in [1.54, 1.807) is 25.6 Å². The number of hydrogen-bond acceptors (Lipinski definition) is 4. The summed E-state index contributed by atoms with van der Waals surface area (Å²) in [5.74, 6) is 0. The molecule has 0 aliphatic heterocycles. The largest absolute Gasteiger partial charge is 0.398 e. The third-order valence-electron chi connectivity index (χ3n) is 3.57. The normalized spacial score (nSPS) is 20.1. The first kappa shape index (κ1) is 11.4. The molecule has 1 aliphatic rings. The number of ether oxygens (including phenoxy) is 1. The highest BCUT2D eigenvalue weighted by Crippen LogP contribution is 2.39. The van der Waals surface area contributed by atoms with Crippen LogP contribution in [0.3, 0.4) is 0 Å². The van der Waals surface area contributed by atoms with Crippen molar-refractivity contribution in [1.29, 1.82) is 0 Å². The predicted octanol–water partition coefficient (Wildman–Crippen LogP) is 1.14. The van der Waals surface area contributed by atoms with Crippen molar-refractivity contribution in [2.24, 2.45) is 0 Å². The highest BCUT2D eigenvalue weighted by atomic mass is 16.5. The van der Waals surface area contributed by atoms with Crippen LogP contribution in [0.25, 0.3) is 0 Å². The average molecular weight is 222 g/mol. The van der Waals surface area contributed by atoms with Gasteiger partial charge in [-0.25, -0.2) is 0 Å². The van der Waals surface area contributed by atoms with Crippen molar-refractivity contribution in [1.82, 2.24) is 4.98 Å². The van der Waals surface area contributed by atoms with Gasteiger partial charge in [0.05, 0.1) is 11.7 Å². The van der Waals surface area contributed by atoms with Gasteiger partial charge in [-0.15, -0.1) is 0 Å². The topological polar surface area (TPSA) is 68.4 Å². The summed E-state index contributed by atoms with van der Waals surface area (Å²) in [6.45, 7) is 0. The van der Waals surface area contributed by atoms with Gasteiger partial charge in [-0.05, 0) is 30.9 Å². The fraction of sp³-hybridized carbons (Fsp3) is 0.583. The molecule has 4 nitrogen and oxygen atoms in total. The molecule has 0 saturated heterocycles. The summed E-state index contributed by atoms with van der Waals surface area (Å²) in [7, 11) is 1.66. The van der Waals surface area contributed by atoms with Crippen molar-refractivity contribution < 1.29 is 9.84 Å². The Morgan fingerprint density at radius 1 is 1.62 bits per heavy atom. The quantitative estimate of drug-likeness (QED) is 0.801. The van der Waals surface area contributed by atoms with Crippen LogP contribution in [0.5, 0.6) is 0 Å². The molecule has 1 atom stereocenters. The van der Waals surface area contributed by atoms with Gasteiger partial charge in [0.15, 0.2) is 0 Å². The number of nitrogen functional groups attached to an aromatic ring is 1. The summed E-state index contributed by atoms with van der Waals surface area (Å²) in [4.78, 5) is 4.02. The summed E-state index contributed by atoms with van der Waals surface area (Å²) in [6.07, 6.45) is 6.33. The molecule has 88 valence electrons. The Hall–Kier alpha value is -1.13. The second kappa shape index (κ2) is 4.39. The Balaban J connectivity index is 2.07. The van der Waals surface area contributed by atoms with Crippen molar-refractivity contribution in [3.05, 3.63) is 24.0 Å². The molecule has 4 heteroatoms. The van der Waals surface area contributed by atoms with Gasteiger partial charge in [0, 0.05) is 31.6 Å². The number of nitrogens with zero attached hydrogens (tertiary/aromatic N) is 1. The molecule has 1 heterocycles. The van der Waals surface area contributed by atoms with E-state index in [9.17, 15) is 5.11 Å². The van der Waals surface area contributed by atoms with Crippen LogP contribution in [0.2, 0.25) is 0 Å². The van der Waals surface area contributed by atoms with Crippen molar-refractivity contribution >= 4 is 5.69 Å². The highest BCUT2D eigenvalue weighted by Gasteiger charge is 2.43. The maximum atomic E-state index is 10.2. The molecule has 1 fully saturated rings. The number of hydrogen-bond donors (Lipinski definition) is 2. The van der Waals surface area contributed by atoms with E-state index >= 15 is 0 Å². The van der Waals surface area contributed by atoms with Crippen LogP contribution in [0.4, 0.5) is 5.69 Å². The Kier molecular flexibility index (Phi) is 3.12. The Labute approximate surface area is 95.4 Å². The van der Waals surface area contributed by atoms with Crippen LogP contribution in [-0.2, 0) is 11.2 Å². The van der Waals surface area contributed by atoms with E-state index in [-0.39, 0.29) is 5.60 Å². The Morgan fingerprint density at radius 2 is 2.38 bits per heavy atom. The molecule has 16 heavy (non-hydrogen) atoms. The number of anilines is 1. The number of nitrogens with two attached hydrogens (primary N) is 1. The fourth-order valence-corrected chi connectivity index (χ4v) is 2.20. The van der Waals surface area contributed by atoms with Crippen molar-refractivity contribution in [2.45, 2.75) is 37.4 Å². The molecule has 0 aromatic carbocycles. The lowest BCUT2D eigenvalue weighted by Gasteiger charge is -2.44. The summed E-state index contributed by atoms with van der Waals surface area (Å²) >= 11 is 0. The molecule has 1 unspecified atom stereocenters. The maximum absolute atomic E-state index is 10.2. The Bertz CT molecular complexity index is 358. The second-order valence-electron chi connectivity index (χ2n) is 4.42. The monoisotopic (exact) mass is 222 g/mol. The van der Waals surface area contributed by atoms with Gasteiger partial charge in [-0.3, -0.25) is 4.98 Å². The minimum atomic E-state index is -0.502. The van der Waals surface area contributed by atoms with E-state index in [2.05, 4.69) is 4.98 Å². The van der Waals surface area contributed by atoms with E-state index in [1.807, 2.05) is 0 Å². The molecule has 2 rings (SSSR count). The molecular formula is C12H18N2O2. The van der Waals surface area contributed by atoms with Gasteiger partial charge >= 0.3 is 0 Å². The van der Waals surface area contributed by atoms with Crippen LogP contribution in [0.15, 0.2) is 18.5 Å². The standard InChI is InChI=1S/C12H18N2O2/c1-16-12(4-2-5-12)11(15)7-9-8-14-6-3-10(9)13/h3,6,8,11,15H,2,4-5,7H2,1H3,(H2,13,14). The molecule has 0 radical (unpaired) electrons. The lowest BCUT2D eigenvalue weighted by molar-refractivity contribution is -0.148. The van der Waals surface area contributed by atoms with Crippen LogP contribution < -0.4 is 5.73 Å². The predicted molar refractivity (Wildman–Crippen MR) is 62.0 cm³/mol. The molecule has 1 aliphatic carbocycles. The SMILES string of the molecule is COC1(C(O)Cc2cnccc2N)CCC1. The lowest BCUT2D eigenvalue weighted by Crippen LogP contribution is -2.50. The van der Waals surface area contributed by atoms with Gasteiger partial charge in [-0.1, -0.05) is 0 Å². The molecular weight excluding hydrogens is 204 g/mol. The summed E-state index contributed by atoms with van der Waals surface area (Å²) < 4.78 is 5.44. The molecule has 0 amide bonds. The fourth-order valence-electron chi connectivity index (χ4n) is 2.20. The zero-order valence-corrected chi connectivity index (χ0v) is 9.52. The van der Waals surface area contributed by atoms with Gasteiger partial charge in [-0.2, -0.15) is 0 Å². The number of aliphatic hydroxyl groups is 1. The minimum Gasteiger partial charge on any atom is -0.398 e. The third kappa shape index (κ3) is 1.90. The maximum Gasteiger partial charge on any atom is 0.0939 e. The van der Waals surface area contributed by atoms with Gasteiger partial charge in [0.2, 0.25) is 0 Å². The highest BCUT2D eigenvalue weighted by molar-refractivity contribution is 5.44. The van der Waals surface area contributed by atoms with Crippen LogP contribution in [-0.4, -0.2) is 28.9 Å². The average Bonchev–Trinajstić information content (AvgIpc) is 2.21. The number of aliphatic hydroxyl groups excluding tert-OH is 1. The Morgan fingerprint density at radius 3 is 2.88 bits per heavy atom. The van der Waals surface area contributed by atoms with Gasteiger partial charge in [0.1, 0.15) is 0 Å². The van der Waals surface area contributed by atoms with E-state index in [1.165, 1.54) is 0 Å². The van der Waals surface area contributed by atoms with E-state index in [0.717, 1.165) is 24.8 Å². The molecule has 0 spiro atoms. The number of pyridine rings is 1. The number of methoxy groups -OCH3 is 1. The molecule has 3 N–H and O–H groups in total. The molecule has 1 saturated carbocycles. The summed E-state index contributed by atoms with van der Waals surface area (Å²) in [5, 5.41) is 10.2. The lowest BCUT2D eigenvalue weighted by atomic mass is 9.74. The molecule has 1 aromatic heterocycles. The minimum absolute atomic E-state index is 0.359. The van der Waals surface area contributed by atoms with Crippen LogP contribution in [0.1, 0.15) is 24.8 Å². The van der Waals surface area contributed by atoms with E-state index in [0.29, 0.717) is 12.1 Å². The summed E-state index contributed by atoms with van der Waals surface area (Å²) in [5.41, 5.74) is 7.03. The van der Waals surface area contributed by atoms with Crippen LogP contribution >= 0.6 is 0 Å². The first-order valence-electron chi connectivity index (χ1n) is 5.59. The third-order valence-corrected chi connectivity index (χ3v) is 3.57. The van der Waals surface area contributed by atoms with E-state index in [4.69, 9.17) is 10.5 Å². The zero-order chi connectivity index (χ0) is 11.6. The first-order chi connectivity index (χ1) is 7.68. The second-order valence-corrected chi connectivity index (χ2v) is 4.42. The number of aromatic nitrogens is 1. The first-order valence-corrected chi connectivity index (χ1v) is 5.59. The summed E-state index contributed by atoms with van der Waals surface area (Å²) in [6, 6.07) is 1.75. The van der Waals surface area contributed by atoms with E-state index < -0.39 is 6.10 Å². The van der Waals surface area contributed by atoms with Gasteiger partial charge < -0.3 is 15.6 Å². The smallest absolute Gasteiger partial charge is 0.0939 e. The zero-order valence-electron chi connectivity index (χ0n) is 9.52. The van der Waals surface area contributed by atoms with Crippen molar-refractivity contribution in [3.8, 4) is 0 Å². The van der Waals surface area contributed by atoms with Gasteiger partial charge in [0.25, 0.3) is 0 Å². The van der Waals surface area contributed by atoms with Crippen molar-refractivity contribution in [2.75, 3.05) is 12.8 Å². The molecule has 0 bridgehead atoms. The number of rotatable bonds is 4. The van der Waals surface area contributed by atoms with Crippen molar-refractivity contribution in [3.63, 3.8) is 0 Å². The molecule has 1 aromatic rings. The van der Waals surface area contributed by atoms with Crippen LogP contribution in [0, 0.1) is 0 Å².